The van der Waals surface area contributed by atoms with Gasteiger partial charge in [-0.15, -0.1) is 11.3 Å². The van der Waals surface area contributed by atoms with E-state index in [1.54, 1.807) is 11.3 Å². The number of aliphatic hydroxyl groups is 1. The van der Waals surface area contributed by atoms with E-state index >= 15 is 0 Å². The van der Waals surface area contributed by atoms with Crippen LogP contribution in [0.2, 0.25) is 0 Å². The van der Waals surface area contributed by atoms with Gasteiger partial charge in [0.15, 0.2) is 0 Å². The maximum absolute atomic E-state index is 12.0. The maximum atomic E-state index is 12.0. The molecule has 0 radical (unpaired) electrons. The van der Waals surface area contributed by atoms with E-state index in [1.165, 1.54) is 10.4 Å². The number of hydrogen-bond donors (Lipinski definition) is 2. The highest BCUT2D eigenvalue weighted by Gasteiger charge is 2.30. The molecule has 20 heavy (non-hydrogen) atoms. The average Bonchev–Trinajstić information content (AvgIpc) is 2.82. The van der Waals surface area contributed by atoms with Crippen LogP contribution in [0.3, 0.4) is 0 Å². The van der Waals surface area contributed by atoms with Crippen LogP contribution in [0.5, 0.6) is 0 Å². The normalized spacial score (nSPS) is 23.8. The highest BCUT2D eigenvalue weighted by atomic mass is 32.1. The van der Waals surface area contributed by atoms with Gasteiger partial charge in [0.05, 0.1) is 13.1 Å². The zero-order chi connectivity index (χ0) is 14.6. The van der Waals surface area contributed by atoms with Crippen LogP contribution in [0.15, 0.2) is 11.4 Å². The molecule has 1 aromatic heterocycles. The van der Waals surface area contributed by atoms with Crippen LogP contribution in [-0.2, 0) is 11.3 Å². The number of rotatable bonds is 5. The lowest BCUT2D eigenvalue weighted by Crippen LogP contribution is -2.47. The number of nitrogens with one attached hydrogen (secondary N) is 1. The Kier molecular flexibility index (Phi) is 5.18. The second kappa shape index (κ2) is 6.70. The van der Waals surface area contributed by atoms with Crippen molar-refractivity contribution in [1.82, 2.24) is 10.2 Å². The van der Waals surface area contributed by atoms with Crippen LogP contribution >= 0.6 is 11.3 Å². The molecule has 1 unspecified atom stereocenters. The Labute approximate surface area is 124 Å². The monoisotopic (exact) mass is 296 g/mol. The van der Waals surface area contributed by atoms with E-state index in [4.69, 9.17) is 0 Å². The summed E-state index contributed by atoms with van der Waals surface area (Å²) in [4.78, 5) is 15.4. The third-order valence-electron chi connectivity index (χ3n) is 4.02. The van der Waals surface area contributed by atoms with Crippen LogP contribution in [0.4, 0.5) is 0 Å². The fraction of sp³-hybridized carbons (Fsp3) is 0.667. The number of carbonyl (C=O) groups excluding carboxylic acids is 1. The number of carbonyl (C=O) groups is 1. The van der Waals surface area contributed by atoms with Crippen molar-refractivity contribution < 1.29 is 9.90 Å². The molecule has 1 aromatic rings. The number of likely N-dealkylation sites (tertiary alicyclic amines) is 1. The topological polar surface area (TPSA) is 52.6 Å². The Morgan fingerprint density at radius 2 is 2.40 bits per heavy atom. The van der Waals surface area contributed by atoms with Gasteiger partial charge in [0, 0.05) is 23.4 Å². The van der Waals surface area contributed by atoms with E-state index in [0.717, 1.165) is 25.9 Å². The number of amides is 1. The Morgan fingerprint density at radius 1 is 1.60 bits per heavy atom. The second-order valence-corrected chi connectivity index (χ2v) is 7.09. The molecule has 1 fully saturated rings. The molecular formula is C15H24N2O2S. The van der Waals surface area contributed by atoms with Crippen molar-refractivity contribution in [2.45, 2.75) is 33.2 Å². The van der Waals surface area contributed by atoms with Gasteiger partial charge in [0.25, 0.3) is 0 Å². The van der Waals surface area contributed by atoms with Crippen LogP contribution in [0.1, 0.15) is 30.2 Å². The second-order valence-electron chi connectivity index (χ2n) is 6.09. The molecule has 0 aromatic carbocycles. The maximum Gasteiger partial charge on any atom is 0.234 e. The quantitative estimate of drug-likeness (QED) is 0.870. The van der Waals surface area contributed by atoms with Gasteiger partial charge in [-0.25, -0.2) is 0 Å². The summed E-state index contributed by atoms with van der Waals surface area (Å²) in [7, 11) is 0. The molecule has 112 valence electrons. The summed E-state index contributed by atoms with van der Waals surface area (Å²) in [5.74, 6) is 0.0694. The van der Waals surface area contributed by atoms with Crippen molar-refractivity contribution in [1.29, 1.82) is 0 Å². The van der Waals surface area contributed by atoms with Gasteiger partial charge in [0.1, 0.15) is 0 Å². The highest BCUT2D eigenvalue weighted by Crippen LogP contribution is 2.28. The molecule has 2 N–H and O–H groups in total. The summed E-state index contributed by atoms with van der Waals surface area (Å²) >= 11 is 1.68. The van der Waals surface area contributed by atoms with Crippen LogP contribution in [0.25, 0.3) is 0 Å². The zero-order valence-electron chi connectivity index (χ0n) is 12.3. The van der Waals surface area contributed by atoms with E-state index in [0.29, 0.717) is 13.1 Å². The van der Waals surface area contributed by atoms with Gasteiger partial charge in [-0.1, -0.05) is 6.92 Å². The molecule has 5 heteroatoms. The Hall–Kier alpha value is -0.910. The fourth-order valence-electron chi connectivity index (χ4n) is 2.71. The van der Waals surface area contributed by atoms with Gasteiger partial charge in [-0.2, -0.15) is 0 Å². The average molecular weight is 296 g/mol. The lowest BCUT2D eigenvalue weighted by atomic mass is 9.83. The fourth-order valence-corrected chi connectivity index (χ4v) is 3.56. The first kappa shape index (κ1) is 15.5. The minimum atomic E-state index is -0.0527. The van der Waals surface area contributed by atoms with Crippen molar-refractivity contribution in [3.63, 3.8) is 0 Å². The van der Waals surface area contributed by atoms with Crippen LogP contribution in [0, 0.1) is 12.3 Å². The predicted octanol–water partition coefficient (Wildman–Crippen LogP) is 1.77. The van der Waals surface area contributed by atoms with E-state index in [2.05, 4.69) is 30.1 Å². The Balaban J connectivity index is 1.78. The first-order valence-electron chi connectivity index (χ1n) is 7.15. The predicted molar refractivity (Wildman–Crippen MR) is 81.8 cm³/mol. The van der Waals surface area contributed by atoms with Crippen LogP contribution < -0.4 is 5.32 Å². The Bertz CT molecular complexity index is 460. The number of aryl methyl sites for hydroxylation is 1. The molecule has 0 saturated carbocycles. The highest BCUT2D eigenvalue weighted by molar-refractivity contribution is 7.10. The molecule has 1 amide bonds. The van der Waals surface area contributed by atoms with Crippen molar-refractivity contribution >= 4 is 17.2 Å². The molecule has 1 atom stereocenters. The van der Waals surface area contributed by atoms with Gasteiger partial charge >= 0.3 is 0 Å². The van der Waals surface area contributed by atoms with Gasteiger partial charge < -0.3 is 10.4 Å². The van der Waals surface area contributed by atoms with Crippen molar-refractivity contribution in [2.24, 2.45) is 5.41 Å². The first-order chi connectivity index (χ1) is 9.52. The minimum Gasteiger partial charge on any atom is -0.396 e. The number of hydrogen-bond acceptors (Lipinski definition) is 4. The van der Waals surface area contributed by atoms with E-state index < -0.39 is 0 Å². The van der Waals surface area contributed by atoms with Gasteiger partial charge in [-0.05, 0) is 43.3 Å². The number of aliphatic hydroxyl groups excluding tert-OH is 1. The smallest absolute Gasteiger partial charge is 0.234 e. The van der Waals surface area contributed by atoms with Gasteiger partial charge in [0.2, 0.25) is 5.91 Å². The molecule has 1 aliphatic rings. The third kappa shape index (κ3) is 4.04. The number of thiophene rings is 1. The molecular weight excluding hydrogens is 272 g/mol. The summed E-state index contributed by atoms with van der Waals surface area (Å²) in [6.07, 6.45) is 2.09. The minimum absolute atomic E-state index is 0.0527. The standard InChI is InChI=1S/C15H24N2O2S/c1-12-4-7-20-13(12)8-16-14(19)9-17-6-3-5-15(2,10-17)11-18/h4,7,18H,3,5-6,8-11H2,1-2H3,(H,16,19). The van der Waals surface area contributed by atoms with Crippen molar-refractivity contribution in [3.05, 3.63) is 21.9 Å². The molecule has 4 nitrogen and oxygen atoms in total. The summed E-state index contributed by atoms with van der Waals surface area (Å²) in [6.45, 7) is 7.14. The summed E-state index contributed by atoms with van der Waals surface area (Å²) < 4.78 is 0. The van der Waals surface area contributed by atoms with E-state index in [-0.39, 0.29) is 17.9 Å². The Morgan fingerprint density at radius 3 is 3.05 bits per heavy atom. The molecule has 0 spiro atoms. The van der Waals surface area contributed by atoms with Crippen LogP contribution in [-0.4, -0.2) is 42.2 Å². The largest absolute Gasteiger partial charge is 0.396 e. The third-order valence-corrected chi connectivity index (χ3v) is 5.05. The first-order valence-corrected chi connectivity index (χ1v) is 8.03. The zero-order valence-corrected chi connectivity index (χ0v) is 13.1. The molecule has 0 aliphatic carbocycles. The van der Waals surface area contributed by atoms with Gasteiger partial charge in [-0.3, -0.25) is 9.69 Å². The SMILES string of the molecule is Cc1ccsc1CNC(=O)CN1CCCC(C)(CO)C1. The summed E-state index contributed by atoms with van der Waals surface area (Å²) in [6, 6.07) is 2.07. The molecule has 0 bridgehead atoms. The lowest BCUT2D eigenvalue weighted by molar-refractivity contribution is -0.123. The van der Waals surface area contributed by atoms with Crippen molar-refractivity contribution in [3.8, 4) is 0 Å². The van der Waals surface area contributed by atoms with E-state index in [1.807, 2.05) is 5.38 Å². The lowest BCUT2D eigenvalue weighted by Gasteiger charge is -2.38. The summed E-state index contributed by atoms with van der Waals surface area (Å²) in [5.41, 5.74) is 1.18. The van der Waals surface area contributed by atoms with E-state index in [9.17, 15) is 9.90 Å². The van der Waals surface area contributed by atoms with Crippen molar-refractivity contribution in [2.75, 3.05) is 26.2 Å². The molecule has 2 heterocycles. The number of nitrogens with zero attached hydrogens (tertiary/aromatic N) is 1. The summed E-state index contributed by atoms with van der Waals surface area (Å²) in [5, 5.41) is 14.5. The number of piperidine rings is 1. The molecule has 2 rings (SSSR count). The molecule has 1 saturated heterocycles. The molecule has 1 aliphatic heterocycles.